The molecule has 1 rings (SSSR count). The molecule has 0 unspecified atom stereocenters. The number of terminal acetylenes is 1. The Kier molecular flexibility index (Phi) is 6.00. The van der Waals surface area contributed by atoms with Gasteiger partial charge in [-0.1, -0.05) is 38.7 Å². The first kappa shape index (κ1) is 14.3. The number of carbonyl (C=O) groups excluding carboxylic acids is 1. The van der Waals surface area contributed by atoms with Crippen LogP contribution >= 0.6 is 0 Å². The molecule has 0 atom stereocenters. The van der Waals surface area contributed by atoms with Gasteiger partial charge in [0.1, 0.15) is 0 Å². The second-order valence-electron chi connectivity index (χ2n) is 4.49. The van der Waals surface area contributed by atoms with Crippen molar-refractivity contribution in [1.82, 2.24) is 0 Å². The predicted octanol–water partition coefficient (Wildman–Crippen LogP) is 3.82. The first-order valence-corrected chi connectivity index (χ1v) is 6.58. The normalized spacial score (nSPS) is 10.1. The molecule has 0 saturated carbocycles. The average molecular weight is 243 g/mol. The molecule has 2 nitrogen and oxygen atoms in total. The summed E-state index contributed by atoms with van der Waals surface area (Å²) in [4.78, 5) is 12.1. The van der Waals surface area contributed by atoms with Crippen LogP contribution in [0, 0.1) is 18.3 Å². The second kappa shape index (κ2) is 7.55. The van der Waals surface area contributed by atoms with Crippen molar-refractivity contribution < 1.29 is 4.79 Å². The second-order valence-corrected chi connectivity index (χ2v) is 4.49. The Balaban J connectivity index is 2.69. The fourth-order valence-corrected chi connectivity index (χ4v) is 2.03. The van der Waals surface area contributed by atoms with Crippen LogP contribution in [0.3, 0.4) is 0 Å². The average Bonchev–Trinajstić information content (AvgIpc) is 2.38. The third kappa shape index (κ3) is 4.25. The third-order valence-electron chi connectivity index (χ3n) is 2.94. The Labute approximate surface area is 110 Å². The lowest BCUT2D eigenvalue weighted by Crippen LogP contribution is -2.22. The zero-order valence-corrected chi connectivity index (χ0v) is 11.2. The molecule has 1 aromatic carbocycles. The van der Waals surface area contributed by atoms with Gasteiger partial charge in [-0.3, -0.25) is 4.79 Å². The molecule has 18 heavy (non-hydrogen) atoms. The van der Waals surface area contributed by atoms with Crippen LogP contribution in [0.2, 0.25) is 0 Å². The van der Waals surface area contributed by atoms with E-state index in [1.54, 1.807) is 0 Å². The maximum absolute atomic E-state index is 12.1. The quantitative estimate of drug-likeness (QED) is 0.756. The highest BCUT2D eigenvalue weighted by Gasteiger charge is 2.16. The molecule has 0 aliphatic heterocycles. The number of rotatable bonds is 6. The summed E-state index contributed by atoms with van der Waals surface area (Å²) < 4.78 is 0. The summed E-state index contributed by atoms with van der Waals surface area (Å²) >= 11 is 0. The SMILES string of the molecule is C#Cc1cccc(NC(=O)C(CCC)CCC)c1. The van der Waals surface area contributed by atoms with E-state index < -0.39 is 0 Å². The summed E-state index contributed by atoms with van der Waals surface area (Å²) in [6, 6.07) is 7.41. The van der Waals surface area contributed by atoms with E-state index in [2.05, 4.69) is 25.1 Å². The number of amides is 1. The van der Waals surface area contributed by atoms with Gasteiger partial charge in [0.25, 0.3) is 0 Å². The topological polar surface area (TPSA) is 29.1 Å². The highest BCUT2D eigenvalue weighted by atomic mass is 16.1. The highest BCUT2D eigenvalue weighted by Crippen LogP contribution is 2.17. The van der Waals surface area contributed by atoms with Gasteiger partial charge in [0.15, 0.2) is 0 Å². The minimum absolute atomic E-state index is 0.105. The largest absolute Gasteiger partial charge is 0.326 e. The lowest BCUT2D eigenvalue weighted by Gasteiger charge is -2.15. The van der Waals surface area contributed by atoms with Crippen molar-refractivity contribution in [3.8, 4) is 12.3 Å². The van der Waals surface area contributed by atoms with Gasteiger partial charge in [0, 0.05) is 17.2 Å². The van der Waals surface area contributed by atoms with Crippen molar-refractivity contribution in [3.05, 3.63) is 29.8 Å². The van der Waals surface area contributed by atoms with Crippen LogP contribution in [0.1, 0.15) is 45.1 Å². The van der Waals surface area contributed by atoms with Crippen LogP contribution in [0.5, 0.6) is 0 Å². The molecule has 0 heterocycles. The van der Waals surface area contributed by atoms with Crippen molar-refractivity contribution in [3.63, 3.8) is 0 Å². The van der Waals surface area contributed by atoms with E-state index in [9.17, 15) is 4.79 Å². The van der Waals surface area contributed by atoms with Gasteiger partial charge in [-0.15, -0.1) is 6.42 Å². The van der Waals surface area contributed by atoms with E-state index in [-0.39, 0.29) is 11.8 Å². The smallest absolute Gasteiger partial charge is 0.227 e. The molecule has 0 spiro atoms. The number of hydrogen-bond acceptors (Lipinski definition) is 1. The molecule has 0 radical (unpaired) electrons. The Bertz CT molecular complexity index is 425. The molecular formula is C16H21NO. The van der Waals surface area contributed by atoms with E-state index in [1.165, 1.54) is 0 Å². The zero-order chi connectivity index (χ0) is 13.4. The summed E-state index contributed by atoms with van der Waals surface area (Å²) in [6.07, 6.45) is 9.28. The highest BCUT2D eigenvalue weighted by molar-refractivity contribution is 5.92. The summed E-state index contributed by atoms with van der Waals surface area (Å²) in [5.41, 5.74) is 1.57. The van der Waals surface area contributed by atoms with Crippen LogP contribution in [0.15, 0.2) is 24.3 Å². The van der Waals surface area contributed by atoms with Gasteiger partial charge >= 0.3 is 0 Å². The molecule has 2 heteroatoms. The summed E-state index contributed by atoms with van der Waals surface area (Å²) in [5, 5.41) is 2.95. The predicted molar refractivity (Wildman–Crippen MR) is 76.3 cm³/mol. The Morgan fingerprint density at radius 3 is 2.56 bits per heavy atom. The van der Waals surface area contributed by atoms with Crippen LogP contribution in [-0.4, -0.2) is 5.91 Å². The van der Waals surface area contributed by atoms with Gasteiger partial charge in [-0.25, -0.2) is 0 Å². The molecule has 0 bridgehead atoms. The van der Waals surface area contributed by atoms with Gasteiger partial charge < -0.3 is 5.32 Å². The maximum atomic E-state index is 12.1. The van der Waals surface area contributed by atoms with Crippen molar-refractivity contribution in [2.24, 2.45) is 5.92 Å². The van der Waals surface area contributed by atoms with Crippen LogP contribution in [0.4, 0.5) is 5.69 Å². The van der Waals surface area contributed by atoms with E-state index in [0.29, 0.717) is 0 Å². The van der Waals surface area contributed by atoms with Gasteiger partial charge in [-0.05, 0) is 31.0 Å². The zero-order valence-electron chi connectivity index (χ0n) is 11.2. The maximum Gasteiger partial charge on any atom is 0.227 e. The molecule has 0 aliphatic rings. The van der Waals surface area contributed by atoms with Crippen molar-refractivity contribution in [1.29, 1.82) is 0 Å². The van der Waals surface area contributed by atoms with Crippen LogP contribution in [0.25, 0.3) is 0 Å². The minimum atomic E-state index is 0.105. The number of carbonyl (C=O) groups is 1. The van der Waals surface area contributed by atoms with Crippen molar-refractivity contribution >= 4 is 11.6 Å². The monoisotopic (exact) mass is 243 g/mol. The van der Waals surface area contributed by atoms with Crippen LogP contribution in [-0.2, 0) is 4.79 Å². The molecule has 0 aliphatic carbocycles. The van der Waals surface area contributed by atoms with E-state index in [0.717, 1.165) is 36.9 Å². The van der Waals surface area contributed by atoms with Crippen LogP contribution < -0.4 is 5.32 Å². The number of nitrogens with one attached hydrogen (secondary N) is 1. The molecule has 1 amide bonds. The fraction of sp³-hybridized carbons (Fsp3) is 0.438. The molecule has 0 saturated heterocycles. The molecule has 96 valence electrons. The Hall–Kier alpha value is -1.75. The fourth-order valence-electron chi connectivity index (χ4n) is 2.03. The molecular weight excluding hydrogens is 222 g/mol. The number of anilines is 1. The Morgan fingerprint density at radius 1 is 1.33 bits per heavy atom. The summed E-state index contributed by atoms with van der Waals surface area (Å²) in [6.45, 7) is 4.21. The van der Waals surface area contributed by atoms with Gasteiger partial charge in [0.2, 0.25) is 5.91 Å². The first-order valence-electron chi connectivity index (χ1n) is 6.58. The lowest BCUT2D eigenvalue weighted by atomic mass is 9.97. The Morgan fingerprint density at radius 2 is 2.00 bits per heavy atom. The standard InChI is InChI=1S/C16H21NO/c1-4-8-14(9-5-2)16(18)17-15-11-7-10-13(6-3)12-15/h3,7,10-12,14H,4-5,8-9H2,1-2H3,(H,17,18). The van der Waals surface area contributed by atoms with Crippen molar-refractivity contribution in [2.45, 2.75) is 39.5 Å². The third-order valence-corrected chi connectivity index (χ3v) is 2.94. The van der Waals surface area contributed by atoms with Crippen molar-refractivity contribution in [2.75, 3.05) is 5.32 Å². The summed E-state index contributed by atoms with van der Waals surface area (Å²) in [5.74, 6) is 2.78. The number of hydrogen-bond donors (Lipinski definition) is 1. The molecule has 0 fully saturated rings. The van der Waals surface area contributed by atoms with E-state index >= 15 is 0 Å². The van der Waals surface area contributed by atoms with E-state index in [1.807, 2.05) is 24.3 Å². The minimum Gasteiger partial charge on any atom is -0.326 e. The summed E-state index contributed by atoms with van der Waals surface area (Å²) in [7, 11) is 0. The van der Waals surface area contributed by atoms with E-state index in [4.69, 9.17) is 6.42 Å². The molecule has 0 aromatic heterocycles. The lowest BCUT2D eigenvalue weighted by molar-refractivity contribution is -0.120. The van der Waals surface area contributed by atoms with Gasteiger partial charge in [0.05, 0.1) is 0 Å². The molecule has 1 N–H and O–H groups in total. The molecule has 1 aromatic rings. The number of benzene rings is 1. The first-order chi connectivity index (χ1) is 8.71. The van der Waals surface area contributed by atoms with Gasteiger partial charge in [-0.2, -0.15) is 0 Å².